The molecular formula is C10H7N3S. The fourth-order valence-electron chi connectivity index (χ4n) is 1.37. The number of thiophene rings is 1. The Balaban J connectivity index is 2.24. The predicted octanol–water partition coefficient (Wildman–Crippen LogP) is 2.48. The van der Waals surface area contributed by atoms with E-state index in [4.69, 9.17) is 0 Å². The van der Waals surface area contributed by atoms with Crippen LogP contribution in [0, 0.1) is 0 Å². The van der Waals surface area contributed by atoms with Gasteiger partial charge in [-0.15, -0.1) is 16.4 Å². The quantitative estimate of drug-likeness (QED) is 0.605. The van der Waals surface area contributed by atoms with Gasteiger partial charge in [0.15, 0.2) is 5.65 Å². The monoisotopic (exact) mass is 201 g/mol. The summed E-state index contributed by atoms with van der Waals surface area (Å²) in [5, 5.41) is 8.59. The van der Waals surface area contributed by atoms with Gasteiger partial charge >= 0.3 is 0 Å². The Morgan fingerprint density at radius 1 is 1.21 bits per heavy atom. The van der Waals surface area contributed by atoms with Crippen molar-refractivity contribution in [3.8, 4) is 5.00 Å². The topological polar surface area (TPSA) is 30.7 Å². The van der Waals surface area contributed by atoms with Crippen molar-refractivity contribution in [2.24, 2.45) is 0 Å². The van der Waals surface area contributed by atoms with Crippen molar-refractivity contribution in [1.82, 2.24) is 14.8 Å². The minimum Gasteiger partial charge on any atom is -0.235 e. The lowest BCUT2D eigenvalue weighted by molar-refractivity contribution is 0.907. The van der Waals surface area contributed by atoms with Crippen LogP contribution in [0.1, 0.15) is 0 Å². The zero-order chi connectivity index (χ0) is 9.38. The predicted molar refractivity (Wildman–Crippen MR) is 56.7 cm³/mol. The lowest BCUT2D eigenvalue weighted by Gasteiger charge is -1.91. The molecule has 0 N–H and O–H groups in total. The molecule has 0 spiro atoms. The standard InChI is InChI=1S/C10H7N3S/c1-3-8-7-13(9-4-2-6-14-9)12-10(8)11-5-1/h1-7H. The first kappa shape index (κ1) is 7.70. The van der Waals surface area contributed by atoms with Gasteiger partial charge in [0.1, 0.15) is 5.00 Å². The van der Waals surface area contributed by atoms with Crippen LogP contribution >= 0.6 is 11.3 Å². The van der Waals surface area contributed by atoms with Gasteiger partial charge in [-0.1, -0.05) is 0 Å². The summed E-state index contributed by atoms with van der Waals surface area (Å²) in [7, 11) is 0. The number of hydrogen-bond donors (Lipinski definition) is 0. The third-order valence-corrected chi connectivity index (χ3v) is 2.87. The van der Waals surface area contributed by atoms with Gasteiger partial charge in [0.25, 0.3) is 0 Å². The Kier molecular flexibility index (Phi) is 1.61. The second-order valence-electron chi connectivity index (χ2n) is 2.94. The molecule has 0 unspecified atom stereocenters. The molecule has 0 aromatic carbocycles. The van der Waals surface area contributed by atoms with E-state index >= 15 is 0 Å². The van der Waals surface area contributed by atoms with Gasteiger partial charge in [-0.05, 0) is 29.6 Å². The molecule has 0 atom stereocenters. The van der Waals surface area contributed by atoms with E-state index in [1.807, 2.05) is 40.5 Å². The highest BCUT2D eigenvalue weighted by Gasteiger charge is 2.02. The molecule has 0 amide bonds. The van der Waals surface area contributed by atoms with Gasteiger partial charge < -0.3 is 0 Å². The summed E-state index contributed by atoms with van der Waals surface area (Å²) < 4.78 is 1.86. The normalized spacial score (nSPS) is 10.9. The van der Waals surface area contributed by atoms with Crippen LogP contribution in [-0.4, -0.2) is 14.8 Å². The van der Waals surface area contributed by atoms with E-state index in [2.05, 4.69) is 10.1 Å². The Labute approximate surface area is 84.6 Å². The third kappa shape index (κ3) is 1.12. The van der Waals surface area contributed by atoms with Crippen molar-refractivity contribution >= 4 is 22.4 Å². The summed E-state index contributed by atoms with van der Waals surface area (Å²) in [6.07, 6.45) is 3.75. The minimum absolute atomic E-state index is 0.793. The van der Waals surface area contributed by atoms with E-state index in [1.54, 1.807) is 17.5 Å². The molecule has 14 heavy (non-hydrogen) atoms. The zero-order valence-corrected chi connectivity index (χ0v) is 8.11. The summed E-state index contributed by atoms with van der Waals surface area (Å²) in [5.74, 6) is 0. The molecule has 3 rings (SSSR count). The SMILES string of the molecule is c1csc(-n2cc3cccnc3n2)c1. The number of hydrogen-bond acceptors (Lipinski definition) is 3. The van der Waals surface area contributed by atoms with Crippen LogP contribution in [0.4, 0.5) is 0 Å². The van der Waals surface area contributed by atoms with E-state index in [9.17, 15) is 0 Å². The Morgan fingerprint density at radius 3 is 3.00 bits per heavy atom. The summed E-state index contributed by atoms with van der Waals surface area (Å²) in [4.78, 5) is 4.18. The molecule has 3 aromatic rings. The summed E-state index contributed by atoms with van der Waals surface area (Å²) >= 11 is 1.66. The first-order valence-electron chi connectivity index (χ1n) is 4.28. The van der Waals surface area contributed by atoms with Gasteiger partial charge in [-0.2, -0.15) is 0 Å². The highest BCUT2D eigenvalue weighted by atomic mass is 32.1. The molecule has 0 bridgehead atoms. The Hall–Kier alpha value is -1.68. The highest BCUT2D eigenvalue weighted by Crippen LogP contribution is 2.17. The van der Waals surface area contributed by atoms with Crippen molar-refractivity contribution in [2.75, 3.05) is 0 Å². The minimum atomic E-state index is 0.793. The van der Waals surface area contributed by atoms with Crippen molar-refractivity contribution in [1.29, 1.82) is 0 Å². The smallest absolute Gasteiger partial charge is 0.181 e. The highest BCUT2D eigenvalue weighted by molar-refractivity contribution is 7.12. The van der Waals surface area contributed by atoms with E-state index < -0.39 is 0 Å². The van der Waals surface area contributed by atoms with Gasteiger partial charge in [-0.25, -0.2) is 9.67 Å². The van der Waals surface area contributed by atoms with Gasteiger partial charge in [0.05, 0.1) is 0 Å². The number of aromatic nitrogens is 3. The van der Waals surface area contributed by atoms with Crippen LogP contribution in [0.3, 0.4) is 0 Å². The number of fused-ring (bicyclic) bond motifs is 1. The Morgan fingerprint density at radius 2 is 2.21 bits per heavy atom. The first-order valence-corrected chi connectivity index (χ1v) is 5.16. The molecule has 0 aliphatic carbocycles. The van der Waals surface area contributed by atoms with Crippen molar-refractivity contribution in [3.63, 3.8) is 0 Å². The maximum Gasteiger partial charge on any atom is 0.181 e. The molecule has 0 saturated carbocycles. The molecule has 68 valence electrons. The van der Waals surface area contributed by atoms with Crippen LogP contribution < -0.4 is 0 Å². The average molecular weight is 201 g/mol. The van der Waals surface area contributed by atoms with Crippen LogP contribution in [0.25, 0.3) is 16.0 Å². The fourth-order valence-corrected chi connectivity index (χ4v) is 2.02. The number of nitrogens with zero attached hydrogens (tertiary/aromatic N) is 3. The number of pyridine rings is 1. The molecule has 3 nitrogen and oxygen atoms in total. The maximum absolute atomic E-state index is 4.37. The molecule has 3 heterocycles. The maximum atomic E-state index is 4.37. The largest absolute Gasteiger partial charge is 0.235 e. The van der Waals surface area contributed by atoms with E-state index in [-0.39, 0.29) is 0 Å². The Bertz CT molecular complexity index is 521. The molecular weight excluding hydrogens is 194 g/mol. The van der Waals surface area contributed by atoms with Crippen LogP contribution in [0.5, 0.6) is 0 Å². The molecule has 0 fully saturated rings. The van der Waals surface area contributed by atoms with Crippen molar-refractivity contribution in [3.05, 3.63) is 42.0 Å². The van der Waals surface area contributed by atoms with Gasteiger partial charge in [0.2, 0.25) is 0 Å². The molecule has 0 saturated heterocycles. The van der Waals surface area contributed by atoms with Crippen molar-refractivity contribution in [2.45, 2.75) is 0 Å². The molecule has 0 radical (unpaired) electrons. The lowest BCUT2D eigenvalue weighted by atomic mass is 10.4. The van der Waals surface area contributed by atoms with Crippen molar-refractivity contribution < 1.29 is 0 Å². The molecule has 0 aliphatic heterocycles. The second kappa shape index (κ2) is 2.92. The second-order valence-corrected chi connectivity index (χ2v) is 3.87. The van der Waals surface area contributed by atoms with E-state index in [0.717, 1.165) is 16.0 Å². The average Bonchev–Trinajstić information content (AvgIpc) is 2.86. The van der Waals surface area contributed by atoms with Gasteiger partial charge in [-0.3, -0.25) is 0 Å². The molecule has 0 aliphatic rings. The van der Waals surface area contributed by atoms with Crippen LogP contribution in [0.15, 0.2) is 42.0 Å². The van der Waals surface area contributed by atoms with Crippen LogP contribution in [-0.2, 0) is 0 Å². The fraction of sp³-hybridized carbons (Fsp3) is 0. The summed E-state index contributed by atoms with van der Waals surface area (Å²) in [5.41, 5.74) is 0.793. The van der Waals surface area contributed by atoms with E-state index in [0.29, 0.717) is 0 Å². The summed E-state index contributed by atoms with van der Waals surface area (Å²) in [6.45, 7) is 0. The van der Waals surface area contributed by atoms with Crippen LogP contribution in [0.2, 0.25) is 0 Å². The number of rotatable bonds is 1. The van der Waals surface area contributed by atoms with E-state index in [1.165, 1.54) is 0 Å². The first-order chi connectivity index (χ1) is 6.93. The molecule has 4 heteroatoms. The lowest BCUT2D eigenvalue weighted by Crippen LogP contribution is -1.89. The molecule has 3 aromatic heterocycles. The summed E-state index contributed by atoms with van der Waals surface area (Å²) in [6, 6.07) is 7.98. The third-order valence-electron chi connectivity index (χ3n) is 2.01. The zero-order valence-electron chi connectivity index (χ0n) is 7.29. The van der Waals surface area contributed by atoms with Gasteiger partial charge in [0, 0.05) is 17.8 Å².